The third kappa shape index (κ3) is 1.33. The summed E-state index contributed by atoms with van der Waals surface area (Å²) in [5, 5.41) is 0. The van der Waals surface area contributed by atoms with E-state index in [-0.39, 0.29) is 0 Å². The molecule has 0 N–H and O–H groups in total. The maximum absolute atomic E-state index is 2.47. The minimum atomic E-state index is 0.388. The molecule has 0 aromatic heterocycles. The van der Waals surface area contributed by atoms with Crippen molar-refractivity contribution in [2.45, 2.75) is 25.1 Å². The molecule has 0 aliphatic carbocycles. The smallest absolute Gasteiger partial charge is 0.0230 e. The van der Waals surface area contributed by atoms with Crippen LogP contribution in [0.1, 0.15) is 6.92 Å². The molecular formula is C6H15NSi. The zero-order valence-corrected chi connectivity index (χ0v) is 7.27. The van der Waals surface area contributed by atoms with Crippen molar-refractivity contribution in [2.75, 3.05) is 13.6 Å². The average Bonchev–Trinajstić information content (AvgIpc) is 1.77. The summed E-state index contributed by atoms with van der Waals surface area (Å²) in [7, 11) is 2.62. The molecule has 0 spiro atoms. The molecule has 0 aromatic carbocycles. The van der Waals surface area contributed by atoms with Crippen LogP contribution in [0.15, 0.2) is 0 Å². The predicted molar refractivity (Wildman–Crippen MR) is 40.3 cm³/mol. The molecule has 8 heavy (non-hydrogen) atoms. The fraction of sp³-hybridized carbons (Fsp3) is 1.00. The molecule has 1 nitrogen and oxygen atoms in total. The van der Waals surface area contributed by atoms with E-state index in [1.165, 1.54) is 12.6 Å². The first-order chi connectivity index (χ1) is 3.80. The van der Waals surface area contributed by atoms with Crippen LogP contribution in [-0.4, -0.2) is 34.1 Å². The summed E-state index contributed by atoms with van der Waals surface area (Å²) < 4.78 is 0. The van der Waals surface area contributed by atoms with Crippen molar-refractivity contribution < 1.29 is 0 Å². The lowest BCUT2D eigenvalue weighted by Crippen LogP contribution is -2.35. The summed E-state index contributed by atoms with van der Waals surface area (Å²) >= 11 is 0. The lowest BCUT2D eigenvalue weighted by molar-refractivity contribution is 0.277. The van der Waals surface area contributed by atoms with Crippen molar-refractivity contribution in [3.05, 3.63) is 0 Å². The molecule has 0 saturated carbocycles. The first kappa shape index (κ1) is 6.30. The van der Waals surface area contributed by atoms with Gasteiger partial charge in [0, 0.05) is 15.6 Å². The molecule has 0 radical (unpaired) electrons. The Balaban J connectivity index is 2.28. The molecule has 1 atom stereocenters. The first-order valence-electron chi connectivity index (χ1n) is 3.51. The Morgan fingerprint density at radius 3 is 2.75 bits per heavy atom. The topological polar surface area (TPSA) is 3.24 Å². The summed E-state index contributed by atoms with van der Waals surface area (Å²) in [6.07, 6.45) is 0. The highest BCUT2D eigenvalue weighted by atomic mass is 28.2. The third-order valence-electron chi connectivity index (χ3n) is 2.14. The van der Waals surface area contributed by atoms with E-state index in [0.717, 1.165) is 6.04 Å². The molecule has 1 heterocycles. The lowest BCUT2D eigenvalue weighted by atomic mass is 10.3. The predicted octanol–water partition coefficient (Wildman–Crippen LogP) is 0.326. The second-order valence-corrected chi connectivity index (χ2v) is 4.82. The van der Waals surface area contributed by atoms with Gasteiger partial charge in [0.2, 0.25) is 0 Å². The first-order valence-corrected chi connectivity index (χ1v) is 5.51. The second-order valence-electron chi connectivity index (χ2n) is 2.83. The fourth-order valence-corrected chi connectivity index (χ4v) is 3.28. The monoisotopic (exact) mass is 129 g/mol. The number of hydrogen-bond acceptors (Lipinski definition) is 1. The van der Waals surface area contributed by atoms with Gasteiger partial charge in [0.05, 0.1) is 0 Å². The van der Waals surface area contributed by atoms with Gasteiger partial charge in [-0.05, 0) is 26.6 Å². The lowest BCUT2D eigenvalue weighted by Gasteiger charge is -2.28. The summed E-state index contributed by atoms with van der Waals surface area (Å²) in [6, 6.07) is 3.98. The number of rotatable bonds is 0. The molecule has 1 saturated heterocycles. The van der Waals surface area contributed by atoms with Crippen molar-refractivity contribution >= 4 is 9.52 Å². The highest BCUT2D eigenvalue weighted by molar-refractivity contribution is 6.36. The van der Waals surface area contributed by atoms with E-state index in [1.54, 1.807) is 6.04 Å². The van der Waals surface area contributed by atoms with Gasteiger partial charge in [-0.15, -0.1) is 0 Å². The van der Waals surface area contributed by atoms with Crippen molar-refractivity contribution in [3.8, 4) is 0 Å². The highest BCUT2D eigenvalue weighted by Gasteiger charge is 2.12. The highest BCUT2D eigenvalue weighted by Crippen LogP contribution is 2.08. The van der Waals surface area contributed by atoms with Gasteiger partial charge in [0.15, 0.2) is 0 Å². The second kappa shape index (κ2) is 2.64. The van der Waals surface area contributed by atoms with Gasteiger partial charge >= 0.3 is 0 Å². The van der Waals surface area contributed by atoms with Crippen LogP contribution in [-0.2, 0) is 0 Å². The van der Waals surface area contributed by atoms with E-state index < -0.39 is 0 Å². The zero-order valence-electron chi connectivity index (χ0n) is 5.85. The van der Waals surface area contributed by atoms with Crippen molar-refractivity contribution in [1.82, 2.24) is 4.90 Å². The molecule has 0 aromatic rings. The maximum atomic E-state index is 2.47. The van der Waals surface area contributed by atoms with Crippen molar-refractivity contribution in [2.24, 2.45) is 0 Å². The SMILES string of the molecule is CC1C[SiH2]CCN1C. The van der Waals surface area contributed by atoms with E-state index >= 15 is 0 Å². The average molecular weight is 129 g/mol. The largest absolute Gasteiger partial charge is 0.304 e. The Morgan fingerprint density at radius 2 is 2.38 bits per heavy atom. The molecular weight excluding hydrogens is 114 g/mol. The zero-order chi connectivity index (χ0) is 5.98. The Bertz CT molecular complexity index is 64.9. The van der Waals surface area contributed by atoms with Gasteiger partial charge in [-0.1, -0.05) is 6.04 Å². The van der Waals surface area contributed by atoms with Crippen LogP contribution < -0.4 is 0 Å². The Morgan fingerprint density at radius 1 is 1.62 bits per heavy atom. The minimum Gasteiger partial charge on any atom is -0.304 e. The fourth-order valence-electron chi connectivity index (χ4n) is 1.24. The number of nitrogens with zero attached hydrogens (tertiary/aromatic N) is 1. The van der Waals surface area contributed by atoms with E-state index in [9.17, 15) is 0 Å². The van der Waals surface area contributed by atoms with Gasteiger partial charge in [-0.2, -0.15) is 0 Å². The minimum absolute atomic E-state index is 0.388. The third-order valence-corrected chi connectivity index (χ3v) is 4.20. The number of hydrogen-bond donors (Lipinski definition) is 0. The Labute approximate surface area is 53.9 Å². The van der Waals surface area contributed by atoms with Gasteiger partial charge in [0.1, 0.15) is 0 Å². The van der Waals surface area contributed by atoms with Crippen LogP contribution in [0.4, 0.5) is 0 Å². The molecule has 1 aliphatic rings. The molecule has 0 bridgehead atoms. The summed E-state index contributed by atoms with van der Waals surface area (Å²) in [4.78, 5) is 2.47. The molecule has 1 fully saturated rings. The summed E-state index contributed by atoms with van der Waals surface area (Å²) in [5.41, 5.74) is 0. The van der Waals surface area contributed by atoms with Crippen LogP contribution in [0, 0.1) is 0 Å². The van der Waals surface area contributed by atoms with Gasteiger partial charge in [-0.25, -0.2) is 0 Å². The van der Waals surface area contributed by atoms with Gasteiger partial charge in [-0.3, -0.25) is 0 Å². The molecule has 1 unspecified atom stereocenters. The molecule has 1 aliphatic heterocycles. The Kier molecular flexibility index (Phi) is 2.08. The normalized spacial score (nSPS) is 36.0. The molecule has 2 heteroatoms. The molecule has 48 valence electrons. The quantitative estimate of drug-likeness (QED) is 0.426. The van der Waals surface area contributed by atoms with E-state index in [2.05, 4.69) is 18.9 Å². The van der Waals surface area contributed by atoms with Crippen molar-refractivity contribution in [3.63, 3.8) is 0 Å². The van der Waals surface area contributed by atoms with Crippen LogP contribution in [0.3, 0.4) is 0 Å². The van der Waals surface area contributed by atoms with E-state index in [0.29, 0.717) is 9.52 Å². The Hall–Kier alpha value is 0.177. The molecule has 0 amide bonds. The van der Waals surface area contributed by atoms with Crippen molar-refractivity contribution in [1.29, 1.82) is 0 Å². The van der Waals surface area contributed by atoms with E-state index in [4.69, 9.17) is 0 Å². The maximum Gasteiger partial charge on any atom is 0.0230 e. The summed E-state index contributed by atoms with van der Waals surface area (Å²) in [6.45, 7) is 3.71. The van der Waals surface area contributed by atoms with Crippen LogP contribution in [0.25, 0.3) is 0 Å². The standard InChI is InChI=1S/C6H15NSi/c1-6-5-8-4-3-7(6)2/h6H,3-5,8H2,1-2H3. The van der Waals surface area contributed by atoms with Gasteiger partial charge < -0.3 is 4.90 Å². The molecule has 1 rings (SSSR count). The van der Waals surface area contributed by atoms with E-state index in [1.807, 2.05) is 0 Å². The van der Waals surface area contributed by atoms with Crippen LogP contribution in [0.2, 0.25) is 12.1 Å². The van der Waals surface area contributed by atoms with Gasteiger partial charge in [0.25, 0.3) is 0 Å². The van der Waals surface area contributed by atoms with Crippen LogP contribution >= 0.6 is 0 Å². The summed E-state index contributed by atoms with van der Waals surface area (Å²) in [5.74, 6) is 0. The van der Waals surface area contributed by atoms with Crippen LogP contribution in [0.5, 0.6) is 0 Å².